The van der Waals surface area contributed by atoms with E-state index in [0.29, 0.717) is 6.42 Å². The van der Waals surface area contributed by atoms with Crippen LogP contribution in [0.15, 0.2) is 6.20 Å². The molecule has 1 fully saturated rings. The Morgan fingerprint density at radius 2 is 2.22 bits per heavy atom. The van der Waals surface area contributed by atoms with Crippen molar-refractivity contribution in [2.45, 2.75) is 57.6 Å². The molecule has 1 aromatic rings. The molecule has 0 amide bonds. The van der Waals surface area contributed by atoms with Gasteiger partial charge in [0, 0.05) is 0 Å². The predicted octanol–water partition coefficient (Wildman–Crippen LogP) is 2.01. The van der Waals surface area contributed by atoms with Crippen molar-refractivity contribution < 1.29 is 15.0 Å². The molecule has 2 unspecified atom stereocenters. The third-order valence-corrected chi connectivity index (χ3v) is 3.62. The molecule has 1 aliphatic carbocycles. The van der Waals surface area contributed by atoms with Crippen LogP contribution in [0, 0.1) is 0 Å². The molecular formula is C13H20N2O3. The number of rotatable bonds is 4. The summed E-state index contributed by atoms with van der Waals surface area (Å²) in [7, 11) is 0. The third-order valence-electron chi connectivity index (χ3n) is 3.62. The predicted molar refractivity (Wildman–Crippen MR) is 66.7 cm³/mol. The Hall–Kier alpha value is -1.36. The maximum atomic E-state index is 11.2. The molecule has 1 aliphatic rings. The van der Waals surface area contributed by atoms with Crippen molar-refractivity contribution in [3.63, 3.8) is 0 Å². The van der Waals surface area contributed by atoms with Crippen molar-refractivity contribution in [2.75, 3.05) is 0 Å². The summed E-state index contributed by atoms with van der Waals surface area (Å²) in [5.41, 5.74) is 1.02. The third kappa shape index (κ3) is 2.41. The van der Waals surface area contributed by atoms with Gasteiger partial charge in [-0.3, -0.25) is 4.68 Å². The summed E-state index contributed by atoms with van der Waals surface area (Å²) >= 11 is 0. The Morgan fingerprint density at radius 3 is 2.83 bits per heavy atom. The summed E-state index contributed by atoms with van der Waals surface area (Å²) in [6.45, 7) is 2.01. The molecule has 1 saturated carbocycles. The molecule has 100 valence electrons. The van der Waals surface area contributed by atoms with E-state index in [9.17, 15) is 9.90 Å². The lowest BCUT2D eigenvalue weighted by Gasteiger charge is -2.29. The summed E-state index contributed by atoms with van der Waals surface area (Å²) in [5, 5.41) is 23.4. The summed E-state index contributed by atoms with van der Waals surface area (Å²) in [6.07, 6.45) is 6.31. The van der Waals surface area contributed by atoms with E-state index < -0.39 is 12.1 Å². The molecule has 2 N–H and O–H groups in total. The molecule has 0 bridgehead atoms. The lowest BCUT2D eigenvalue weighted by atomic mass is 9.92. The summed E-state index contributed by atoms with van der Waals surface area (Å²) in [4.78, 5) is 11.2. The Kier molecular flexibility index (Phi) is 4.01. The van der Waals surface area contributed by atoms with Gasteiger partial charge in [-0.25, -0.2) is 4.79 Å². The summed E-state index contributed by atoms with van der Waals surface area (Å²) < 4.78 is 1.75. The molecule has 0 aliphatic heterocycles. The Morgan fingerprint density at radius 1 is 1.50 bits per heavy atom. The van der Waals surface area contributed by atoms with E-state index in [4.69, 9.17) is 5.11 Å². The molecule has 5 heteroatoms. The number of aliphatic hydroxyl groups is 1. The second kappa shape index (κ2) is 5.52. The Balaban J connectivity index is 2.34. The van der Waals surface area contributed by atoms with Crippen LogP contribution in [0.3, 0.4) is 0 Å². The van der Waals surface area contributed by atoms with Gasteiger partial charge >= 0.3 is 5.97 Å². The van der Waals surface area contributed by atoms with E-state index in [1.165, 1.54) is 6.20 Å². The SMILES string of the molecule is CCCc1c(C(=O)O)cnn1C1CCCCC1O. The van der Waals surface area contributed by atoms with Gasteiger partial charge in [-0.05, 0) is 19.3 Å². The Bertz CT molecular complexity index is 428. The molecule has 5 nitrogen and oxygen atoms in total. The average Bonchev–Trinajstić information content (AvgIpc) is 2.74. The van der Waals surface area contributed by atoms with Crippen LogP contribution in [0.25, 0.3) is 0 Å². The molecule has 0 spiro atoms. The average molecular weight is 252 g/mol. The van der Waals surface area contributed by atoms with Crippen molar-refractivity contribution in [3.05, 3.63) is 17.5 Å². The van der Waals surface area contributed by atoms with Gasteiger partial charge in [0.1, 0.15) is 5.56 Å². The van der Waals surface area contributed by atoms with Gasteiger partial charge in [0.15, 0.2) is 0 Å². The number of nitrogens with zero attached hydrogens (tertiary/aromatic N) is 2. The molecule has 2 rings (SSSR count). The van der Waals surface area contributed by atoms with Gasteiger partial charge in [-0.1, -0.05) is 26.2 Å². The van der Waals surface area contributed by atoms with Crippen LogP contribution >= 0.6 is 0 Å². The molecule has 0 radical (unpaired) electrons. The smallest absolute Gasteiger partial charge is 0.339 e. The van der Waals surface area contributed by atoms with E-state index in [1.54, 1.807) is 4.68 Å². The number of hydrogen-bond donors (Lipinski definition) is 2. The fraction of sp³-hybridized carbons (Fsp3) is 0.692. The van der Waals surface area contributed by atoms with Gasteiger partial charge in [0.05, 0.1) is 24.0 Å². The maximum Gasteiger partial charge on any atom is 0.339 e. The van der Waals surface area contributed by atoms with Crippen molar-refractivity contribution in [3.8, 4) is 0 Å². The minimum Gasteiger partial charge on any atom is -0.478 e. The normalized spacial score (nSPS) is 24.1. The van der Waals surface area contributed by atoms with Gasteiger partial charge in [0.25, 0.3) is 0 Å². The Labute approximate surface area is 106 Å². The minimum absolute atomic E-state index is 0.0617. The van der Waals surface area contributed by atoms with Gasteiger partial charge in [-0.2, -0.15) is 5.10 Å². The van der Waals surface area contributed by atoms with Crippen LogP contribution in [0.5, 0.6) is 0 Å². The fourth-order valence-electron chi connectivity index (χ4n) is 2.72. The number of carboxylic acid groups (broad SMARTS) is 1. The second-order valence-electron chi connectivity index (χ2n) is 4.92. The largest absolute Gasteiger partial charge is 0.478 e. The first-order valence-corrected chi connectivity index (χ1v) is 6.63. The van der Waals surface area contributed by atoms with Crippen LogP contribution in [-0.2, 0) is 6.42 Å². The summed E-state index contributed by atoms with van der Waals surface area (Å²) in [6, 6.07) is -0.0617. The van der Waals surface area contributed by atoms with Crippen LogP contribution in [0.2, 0.25) is 0 Å². The molecule has 1 aromatic heterocycles. The van der Waals surface area contributed by atoms with E-state index >= 15 is 0 Å². The van der Waals surface area contributed by atoms with Crippen molar-refractivity contribution >= 4 is 5.97 Å². The second-order valence-corrected chi connectivity index (χ2v) is 4.92. The zero-order valence-corrected chi connectivity index (χ0v) is 10.7. The van der Waals surface area contributed by atoms with Crippen LogP contribution < -0.4 is 0 Å². The molecule has 0 saturated heterocycles. The van der Waals surface area contributed by atoms with Gasteiger partial charge < -0.3 is 10.2 Å². The quantitative estimate of drug-likeness (QED) is 0.859. The maximum absolute atomic E-state index is 11.2. The van der Waals surface area contributed by atoms with Gasteiger partial charge in [0.2, 0.25) is 0 Å². The highest BCUT2D eigenvalue weighted by molar-refractivity contribution is 5.88. The first kappa shape index (κ1) is 13.1. The highest BCUT2D eigenvalue weighted by Crippen LogP contribution is 2.30. The van der Waals surface area contributed by atoms with E-state index in [2.05, 4.69) is 5.10 Å². The monoisotopic (exact) mass is 252 g/mol. The van der Waals surface area contributed by atoms with Crippen LogP contribution in [-0.4, -0.2) is 32.1 Å². The van der Waals surface area contributed by atoms with Crippen molar-refractivity contribution in [1.82, 2.24) is 9.78 Å². The number of aromatic nitrogens is 2. The molecule has 2 atom stereocenters. The zero-order valence-electron chi connectivity index (χ0n) is 10.7. The fourth-order valence-corrected chi connectivity index (χ4v) is 2.72. The topological polar surface area (TPSA) is 75.3 Å². The number of aromatic carboxylic acids is 1. The van der Waals surface area contributed by atoms with Crippen molar-refractivity contribution in [2.24, 2.45) is 0 Å². The lowest BCUT2D eigenvalue weighted by Crippen LogP contribution is -2.29. The first-order valence-electron chi connectivity index (χ1n) is 6.63. The lowest BCUT2D eigenvalue weighted by molar-refractivity contribution is 0.0659. The van der Waals surface area contributed by atoms with E-state index in [-0.39, 0.29) is 11.6 Å². The van der Waals surface area contributed by atoms with Gasteiger partial charge in [-0.15, -0.1) is 0 Å². The van der Waals surface area contributed by atoms with E-state index in [0.717, 1.165) is 37.8 Å². The standard InChI is InChI=1S/C13H20N2O3/c1-2-5-10-9(13(17)18)8-14-15(10)11-6-3-4-7-12(11)16/h8,11-12,16H,2-7H2,1H3,(H,17,18). The van der Waals surface area contributed by atoms with Crippen LogP contribution in [0.1, 0.15) is 61.1 Å². The number of carboxylic acids is 1. The minimum atomic E-state index is -0.935. The van der Waals surface area contributed by atoms with E-state index in [1.807, 2.05) is 6.92 Å². The molecular weight excluding hydrogens is 232 g/mol. The zero-order chi connectivity index (χ0) is 13.1. The highest BCUT2D eigenvalue weighted by Gasteiger charge is 2.28. The van der Waals surface area contributed by atoms with Crippen LogP contribution in [0.4, 0.5) is 0 Å². The number of aliphatic hydroxyl groups excluding tert-OH is 1. The first-order chi connectivity index (χ1) is 8.65. The summed E-state index contributed by atoms with van der Waals surface area (Å²) in [5.74, 6) is -0.935. The highest BCUT2D eigenvalue weighted by atomic mass is 16.4. The molecule has 1 heterocycles. The molecule has 0 aromatic carbocycles. The number of carbonyl (C=O) groups is 1. The molecule has 18 heavy (non-hydrogen) atoms. The van der Waals surface area contributed by atoms with Crippen molar-refractivity contribution in [1.29, 1.82) is 0 Å². The number of hydrogen-bond acceptors (Lipinski definition) is 3.